The summed E-state index contributed by atoms with van der Waals surface area (Å²) in [5, 5.41) is 2.25. The standard InChI is InChI=1S/C22H25N3O2/c1-26-20-14-18-10-6-7-11-19(18)22(23-20)25-13-12-24(16-21(25)27-2)15-17-8-4-3-5-9-17/h3-11,14,21H,12-13,15-16H2,1-2H3. The van der Waals surface area contributed by atoms with E-state index in [9.17, 15) is 0 Å². The number of anilines is 1. The largest absolute Gasteiger partial charge is 0.481 e. The molecule has 0 bridgehead atoms. The van der Waals surface area contributed by atoms with Crippen LogP contribution in [-0.4, -0.2) is 50.0 Å². The second-order valence-electron chi connectivity index (χ2n) is 6.81. The molecule has 5 nitrogen and oxygen atoms in total. The van der Waals surface area contributed by atoms with Crippen LogP contribution < -0.4 is 9.64 Å². The quantitative estimate of drug-likeness (QED) is 0.693. The maximum absolute atomic E-state index is 5.85. The number of aromatic nitrogens is 1. The second kappa shape index (κ2) is 7.94. The Balaban J connectivity index is 1.60. The van der Waals surface area contributed by atoms with Crippen LogP contribution in [0.3, 0.4) is 0 Å². The number of hydrogen-bond acceptors (Lipinski definition) is 5. The van der Waals surface area contributed by atoms with Gasteiger partial charge in [-0.15, -0.1) is 0 Å². The van der Waals surface area contributed by atoms with Gasteiger partial charge >= 0.3 is 0 Å². The fourth-order valence-electron chi connectivity index (χ4n) is 3.71. The van der Waals surface area contributed by atoms with Crippen LogP contribution in [0.25, 0.3) is 10.8 Å². The van der Waals surface area contributed by atoms with E-state index >= 15 is 0 Å². The Morgan fingerprint density at radius 1 is 1.00 bits per heavy atom. The maximum Gasteiger partial charge on any atom is 0.215 e. The van der Waals surface area contributed by atoms with E-state index in [4.69, 9.17) is 14.5 Å². The Hall–Kier alpha value is -2.63. The molecule has 0 N–H and O–H groups in total. The van der Waals surface area contributed by atoms with Gasteiger partial charge in [0.1, 0.15) is 12.0 Å². The summed E-state index contributed by atoms with van der Waals surface area (Å²) in [6.07, 6.45) is -0.0505. The number of fused-ring (bicyclic) bond motifs is 1. The lowest BCUT2D eigenvalue weighted by Crippen LogP contribution is -2.54. The van der Waals surface area contributed by atoms with Crippen molar-refractivity contribution in [3.8, 4) is 5.88 Å². The second-order valence-corrected chi connectivity index (χ2v) is 6.81. The Labute approximate surface area is 160 Å². The van der Waals surface area contributed by atoms with Crippen LogP contribution in [0.2, 0.25) is 0 Å². The van der Waals surface area contributed by atoms with Gasteiger partial charge in [-0.2, -0.15) is 4.98 Å². The van der Waals surface area contributed by atoms with Crippen LogP contribution >= 0.6 is 0 Å². The molecule has 1 saturated heterocycles. The molecule has 0 radical (unpaired) electrons. The molecule has 4 rings (SSSR count). The maximum atomic E-state index is 5.85. The molecule has 140 valence electrons. The fourth-order valence-corrected chi connectivity index (χ4v) is 3.71. The monoisotopic (exact) mass is 363 g/mol. The minimum atomic E-state index is -0.0505. The van der Waals surface area contributed by atoms with E-state index in [1.807, 2.05) is 18.2 Å². The molecular weight excluding hydrogens is 338 g/mol. The van der Waals surface area contributed by atoms with E-state index < -0.39 is 0 Å². The van der Waals surface area contributed by atoms with Crippen LogP contribution in [0, 0.1) is 0 Å². The molecule has 2 aromatic carbocycles. The Morgan fingerprint density at radius 3 is 2.56 bits per heavy atom. The Morgan fingerprint density at radius 2 is 1.78 bits per heavy atom. The third-order valence-electron chi connectivity index (χ3n) is 5.12. The minimum Gasteiger partial charge on any atom is -0.481 e. The van der Waals surface area contributed by atoms with E-state index in [0.717, 1.165) is 42.8 Å². The first-order valence-corrected chi connectivity index (χ1v) is 9.28. The average Bonchev–Trinajstić information content (AvgIpc) is 2.73. The minimum absolute atomic E-state index is 0.0505. The van der Waals surface area contributed by atoms with Crippen molar-refractivity contribution in [3.63, 3.8) is 0 Å². The fraction of sp³-hybridized carbons (Fsp3) is 0.318. The molecule has 1 aliphatic rings. The number of benzene rings is 2. The summed E-state index contributed by atoms with van der Waals surface area (Å²) in [5.41, 5.74) is 1.32. The smallest absolute Gasteiger partial charge is 0.215 e. The van der Waals surface area contributed by atoms with Gasteiger partial charge < -0.3 is 14.4 Å². The molecule has 1 unspecified atom stereocenters. The van der Waals surface area contributed by atoms with Gasteiger partial charge in [0, 0.05) is 44.7 Å². The molecule has 0 spiro atoms. The van der Waals surface area contributed by atoms with Crippen molar-refractivity contribution in [1.82, 2.24) is 9.88 Å². The summed E-state index contributed by atoms with van der Waals surface area (Å²) >= 11 is 0. The molecular formula is C22H25N3O2. The summed E-state index contributed by atoms with van der Waals surface area (Å²) in [4.78, 5) is 9.44. The van der Waals surface area contributed by atoms with Crippen molar-refractivity contribution < 1.29 is 9.47 Å². The third kappa shape index (κ3) is 3.75. The van der Waals surface area contributed by atoms with Crippen LogP contribution in [0.1, 0.15) is 5.56 Å². The lowest BCUT2D eigenvalue weighted by molar-refractivity contribution is 0.0373. The zero-order chi connectivity index (χ0) is 18.6. The zero-order valence-electron chi connectivity index (χ0n) is 15.8. The predicted molar refractivity (Wildman–Crippen MR) is 108 cm³/mol. The van der Waals surface area contributed by atoms with Gasteiger partial charge in [0.05, 0.1) is 7.11 Å². The highest BCUT2D eigenvalue weighted by Crippen LogP contribution is 2.31. The third-order valence-corrected chi connectivity index (χ3v) is 5.12. The number of hydrogen-bond donors (Lipinski definition) is 0. The lowest BCUT2D eigenvalue weighted by atomic mass is 10.1. The van der Waals surface area contributed by atoms with Gasteiger partial charge in [0.2, 0.25) is 5.88 Å². The van der Waals surface area contributed by atoms with Crippen LogP contribution in [0.5, 0.6) is 5.88 Å². The summed E-state index contributed by atoms with van der Waals surface area (Å²) in [7, 11) is 3.43. The van der Waals surface area contributed by atoms with E-state index in [-0.39, 0.29) is 6.23 Å². The van der Waals surface area contributed by atoms with Crippen molar-refractivity contribution in [3.05, 3.63) is 66.2 Å². The highest BCUT2D eigenvalue weighted by Gasteiger charge is 2.29. The Bertz CT molecular complexity index is 900. The van der Waals surface area contributed by atoms with Gasteiger partial charge in [-0.1, -0.05) is 54.6 Å². The number of pyridine rings is 1. The summed E-state index contributed by atoms with van der Waals surface area (Å²) in [5.74, 6) is 1.56. The molecule has 1 atom stereocenters. The van der Waals surface area contributed by atoms with E-state index in [2.05, 4.69) is 52.3 Å². The van der Waals surface area contributed by atoms with Crippen LogP contribution in [-0.2, 0) is 11.3 Å². The van der Waals surface area contributed by atoms with Crippen molar-refractivity contribution in [2.75, 3.05) is 38.8 Å². The zero-order valence-corrected chi connectivity index (χ0v) is 15.8. The predicted octanol–water partition coefficient (Wildman–Crippen LogP) is 3.54. The van der Waals surface area contributed by atoms with Crippen molar-refractivity contribution in [2.45, 2.75) is 12.8 Å². The summed E-state index contributed by atoms with van der Waals surface area (Å²) in [6, 6.07) is 20.8. The van der Waals surface area contributed by atoms with Gasteiger partial charge in [-0.05, 0) is 10.9 Å². The molecule has 1 fully saturated rings. The normalized spacial score (nSPS) is 18.0. The molecule has 5 heteroatoms. The molecule has 0 saturated carbocycles. The van der Waals surface area contributed by atoms with Gasteiger partial charge in [-0.3, -0.25) is 4.90 Å². The van der Waals surface area contributed by atoms with Gasteiger partial charge in [0.25, 0.3) is 0 Å². The SMILES string of the molecule is COc1cc2ccccc2c(N2CCN(Cc3ccccc3)CC2OC)n1. The van der Waals surface area contributed by atoms with E-state index in [1.54, 1.807) is 14.2 Å². The number of methoxy groups -OCH3 is 2. The molecule has 1 aromatic heterocycles. The van der Waals surface area contributed by atoms with Gasteiger partial charge in [-0.25, -0.2) is 0 Å². The van der Waals surface area contributed by atoms with Crippen LogP contribution in [0.4, 0.5) is 5.82 Å². The molecule has 2 heterocycles. The molecule has 0 amide bonds. The number of ether oxygens (including phenoxy) is 2. The lowest BCUT2D eigenvalue weighted by Gasteiger charge is -2.41. The molecule has 1 aliphatic heterocycles. The molecule has 0 aliphatic carbocycles. The summed E-state index contributed by atoms with van der Waals surface area (Å²) in [6.45, 7) is 3.58. The van der Waals surface area contributed by atoms with Crippen molar-refractivity contribution >= 4 is 16.6 Å². The van der Waals surface area contributed by atoms with Crippen molar-refractivity contribution in [1.29, 1.82) is 0 Å². The molecule has 27 heavy (non-hydrogen) atoms. The highest BCUT2D eigenvalue weighted by molar-refractivity contribution is 5.93. The molecule has 3 aromatic rings. The first-order valence-electron chi connectivity index (χ1n) is 9.28. The topological polar surface area (TPSA) is 37.8 Å². The average molecular weight is 363 g/mol. The van der Waals surface area contributed by atoms with E-state index in [1.165, 1.54) is 5.56 Å². The number of piperazine rings is 1. The number of nitrogens with zero attached hydrogens (tertiary/aromatic N) is 3. The Kier molecular flexibility index (Phi) is 5.23. The van der Waals surface area contributed by atoms with Gasteiger partial charge in [0.15, 0.2) is 0 Å². The van der Waals surface area contributed by atoms with Crippen molar-refractivity contribution in [2.24, 2.45) is 0 Å². The first kappa shape index (κ1) is 17.8. The van der Waals surface area contributed by atoms with E-state index in [0.29, 0.717) is 5.88 Å². The summed E-state index contributed by atoms with van der Waals surface area (Å²) < 4.78 is 11.3. The number of rotatable bonds is 5. The van der Waals surface area contributed by atoms with Crippen LogP contribution in [0.15, 0.2) is 60.7 Å². The first-order chi connectivity index (χ1) is 13.3. The highest BCUT2D eigenvalue weighted by atomic mass is 16.5.